The fourth-order valence-electron chi connectivity index (χ4n) is 3.45. The third-order valence-electron chi connectivity index (χ3n) is 5.07. The first-order chi connectivity index (χ1) is 14.3. The van der Waals surface area contributed by atoms with Crippen LogP contribution in [0.15, 0.2) is 41.0 Å². The Balaban J connectivity index is 1.32. The van der Waals surface area contributed by atoms with Gasteiger partial charge in [0.15, 0.2) is 11.5 Å². The molecular formula is C21H27N3O5. The minimum atomic E-state index is 0.0287. The molecule has 1 aromatic carbocycles. The van der Waals surface area contributed by atoms with Crippen molar-refractivity contribution < 1.29 is 23.4 Å². The molecule has 8 heteroatoms. The highest BCUT2D eigenvalue weighted by Gasteiger charge is 2.19. The zero-order chi connectivity index (χ0) is 19.9. The van der Waals surface area contributed by atoms with Gasteiger partial charge in [-0.1, -0.05) is 6.07 Å². The normalized spacial score (nSPS) is 16.1. The van der Waals surface area contributed by atoms with E-state index in [4.69, 9.17) is 18.6 Å². The second kappa shape index (κ2) is 9.78. The number of rotatable bonds is 9. The first-order valence-corrected chi connectivity index (χ1v) is 9.97. The summed E-state index contributed by atoms with van der Waals surface area (Å²) in [6.45, 7) is 6.57. The van der Waals surface area contributed by atoms with E-state index in [0.29, 0.717) is 13.1 Å². The van der Waals surface area contributed by atoms with Gasteiger partial charge >= 0.3 is 0 Å². The van der Waals surface area contributed by atoms with Crippen LogP contribution in [0.5, 0.6) is 11.5 Å². The molecule has 0 bridgehead atoms. The summed E-state index contributed by atoms with van der Waals surface area (Å²) in [6.07, 6.45) is 1.62. The second-order valence-corrected chi connectivity index (χ2v) is 7.15. The van der Waals surface area contributed by atoms with Crippen molar-refractivity contribution in [1.29, 1.82) is 0 Å². The lowest BCUT2D eigenvalue weighted by Gasteiger charge is -2.27. The number of hydrogen-bond acceptors (Lipinski definition) is 7. The summed E-state index contributed by atoms with van der Waals surface area (Å²) >= 11 is 0. The average Bonchev–Trinajstić information content (AvgIpc) is 3.43. The number of ether oxygens (including phenoxy) is 3. The summed E-state index contributed by atoms with van der Waals surface area (Å²) in [5, 5.41) is 3.27. The number of carbonyl (C=O) groups is 1. The molecule has 156 valence electrons. The van der Waals surface area contributed by atoms with Crippen LogP contribution in [0.4, 0.5) is 0 Å². The van der Waals surface area contributed by atoms with Crippen molar-refractivity contribution in [3.63, 3.8) is 0 Å². The van der Waals surface area contributed by atoms with Crippen molar-refractivity contribution in [1.82, 2.24) is 15.1 Å². The van der Waals surface area contributed by atoms with E-state index >= 15 is 0 Å². The number of hydrogen-bond donors (Lipinski definition) is 1. The van der Waals surface area contributed by atoms with Gasteiger partial charge in [0, 0.05) is 32.7 Å². The highest BCUT2D eigenvalue weighted by molar-refractivity contribution is 5.78. The predicted octanol–water partition coefficient (Wildman–Crippen LogP) is 1.46. The van der Waals surface area contributed by atoms with Crippen molar-refractivity contribution in [2.24, 2.45) is 0 Å². The molecule has 1 fully saturated rings. The van der Waals surface area contributed by atoms with Gasteiger partial charge in [0.05, 0.1) is 32.6 Å². The van der Waals surface area contributed by atoms with Crippen LogP contribution < -0.4 is 14.8 Å². The maximum atomic E-state index is 12.9. The molecule has 2 aromatic rings. The number of morpholine rings is 1. The lowest BCUT2D eigenvalue weighted by molar-refractivity contribution is -0.131. The van der Waals surface area contributed by atoms with E-state index in [1.54, 1.807) is 11.2 Å². The van der Waals surface area contributed by atoms with E-state index < -0.39 is 0 Å². The summed E-state index contributed by atoms with van der Waals surface area (Å²) in [5.41, 5.74) is 0.988. The third-order valence-corrected chi connectivity index (χ3v) is 5.07. The molecule has 29 heavy (non-hydrogen) atoms. The Hall–Kier alpha value is -2.55. The van der Waals surface area contributed by atoms with Crippen LogP contribution >= 0.6 is 0 Å². The maximum absolute atomic E-state index is 12.9. The van der Waals surface area contributed by atoms with Crippen LogP contribution in [0.25, 0.3) is 0 Å². The highest BCUT2D eigenvalue weighted by atomic mass is 16.7. The summed E-state index contributed by atoms with van der Waals surface area (Å²) < 4.78 is 21.6. The first kappa shape index (κ1) is 19.8. The smallest absolute Gasteiger partial charge is 0.237 e. The van der Waals surface area contributed by atoms with Gasteiger partial charge in [0.25, 0.3) is 0 Å². The predicted molar refractivity (Wildman–Crippen MR) is 106 cm³/mol. The minimum absolute atomic E-state index is 0.0287. The van der Waals surface area contributed by atoms with E-state index in [1.807, 2.05) is 30.3 Å². The number of carbonyl (C=O) groups excluding carboxylic acids is 1. The molecule has 0 spiro atoms. The van der Waals surface area contributed by atoms with Crippen molar-refractivity contribution in [3.8, 4) is 11.5 Å². The number of fused-ring (bicyclic) bond motifs is 1. The summed E-state index contributed by atoms with van der Waals surface area (Å²) in [6, 6.07) is 9.48. The van der Waals surface area contributed by atoms with E-state index in [-0.39, 0.29) is 19.2 Å². The molecule has 0 aliphatic carbocycles. The molecule has 1 aromatic heterocycles. The van der Waals surface area contributed by atoms with Gasteiger partial charge in [-0.15, -0.1) is 0 Å². The number of benzene rings is 1. The molecule has 2 aliphatic heterocycles. The van der Waals surface area contributed by atoms with Gasteiger partial charge in [-0.25, -0.2) is 0 Å². The summed E-state index contributed by atoms with van der Waals surface area (Å²) in [4.78, 5) is 17.0. The molecule has 0 saturated carbocycles. The fourth-order valence-corrected chi connectivity index (χ4v) is 3.45. The summed E-state index contributed by atoms with van der Waals surface area (Å²) in [7, 11) is 0. The van der Waals surface area contributed by atoms with E-state index in [0.717, 1.165) is 62.2 Å². The lowest BCUT2D eigenvalue weighted by atomic mass is 10.2. The topological polar surface area (TPSA) is 76.4 Å². The zero-order valence-corrected chi connectivity index (χ0v) is 16.5. The zero-order valence-electron chi connectivity index (χ0n) is 16.5. The molecule has 3 heterocycles. The quantitative estimate of drug-likeness (QED) is 0.638. The Morgan fingerprint density at radius 2 is 1.97 bits per heavy atom. The lowest BCUT2D eigenvalue weighted by Crippen LogP contribution is -2.43. The van der Waals surface area contributed by atoms with E-state index in [2.05, 4.69) is 10.2 Å². The standard InChI is InChI=1S/C21H27N3O5/c25-21(13-22-5-6-23-7-10-26-11-8-23)24(15-18-2-1-9-27-18)14-17-3-4-19-20(12-17)29-16-28-19/h1-4,9,12,22H,5-8,10-11,13-16H2. The van der Waals surface area contributed by atoms with Crippen molar-refractivity contribution in [3.05, 3.63) is 47.9 Å². The minimum Gasteiger partial charge on any atom is -0.467 e. The van der Waals surface area contributed by atoms with Crippen LogP contribution in [0.1, 0.15) is 11.3 Å². The Bertz CT molecular complexity index is 790. The van der Waals surface area contributed by atoms with E-state index in [1.165, 1.54) is 0 Å². The highest BCUT2D eigenvalue weighted by Crippen LogP contribution is 2.32. The number of amides is 1. The van der Waals surface area contributed by atoms with Crippen molar-refractivity contribution >= 4 is 5.91 Å². The van der Waals surface area contributed by atoms with Crippen molar-refractivity contribution in [2.45, 2.75) is 13.1 Å². The molecule has 1 N–H and O–H groups in total. The number of nitrogens with one attached hydrogen (secondary N) is 1. The molecular weight excluding hydrogens is 374 g/mol. The van der Waals surface area contributed by atoms with Crippen LogP contribution in [0.2, 0.25) is 0 Å². The summed E-state index contributed by atoms with van der Waals surface area (Å²) in [5.74, 6) is 2.24. The second-order valence-electron chi connectivity index (χ2n) is 7.15. The fraction of sp³-hybridized carbons (Fsp3) is 0.476. The Kier molecular flexibility index (Phi) is 6.66. The van der Waals surface area contributed by atoms with E-state index in [9.17, 15) is 4.79 Å². The molecule has 0 atom stereocenters. The van der Waals surface area contributed by atoms with Gasteiger partial charge in [-0.3, -0.25) is 9.69 Å². The van der Waals surface area contributed by atoms with Crippen LogP contribution in [-0.4, -0.2) is 68.4 Å². The monoisotopic (exact) mass is 401 g/mol. The van der Waals surface area contributed by atoms with Crippen molar-refractivity contribution in [2.75, 3.05) is 52.7 Å². The Morgan fingerprint density at radius 1 is 1.10 bits per heavy atom. The Labute approximate surface area is 170 Å². The van der Waals surface area contributed by atoms with Gasteiger partial charge in [0.2, 0.25) is 12.7 Å². The molecule has 2 aliphatic rings. The van der Waals surface area contributed by atoms with Gasteiger partial charge < -0.3 is 28.8 Å². The molecule has 8 nitrogen and oxygen atoms in total. The molecule has 1 amide bonds. The SMILES string of the molecule is O=C(CNCCN1CCOCC1)N(Cc1ccc2c(c1)OCO2)Cc1ccco1. The molecule has 0 radical (unpaired) electrons. The molecule has 1 saturated heterocycles. The van der Waals surface area contributed by atoms with Crippen LogP contribution in [-0.2, 0) is 22.6 Å². The van der Waals surface area contributed by atoms with Crippen LogP contribution in [0, 0.1) is 0 Å². The Morgan fingerprint density at radius 3 is 2.79 bits per heavy atom. The molecule has 0 unspecified atom stereocenters. The molecule has 4 rings (SSSR count). The maximum Gasteiger partial charge on any atom is 0.237 e. The van der Waals surface area contributed by atoms with Gasteiger partial charge in [-0.2, -0.15) is 0 Å². The average molecular weight is 401 g/mol. The largest absolute Gasteiger partial charge is 0.467 e. The van der Waals surface area contributed by atoms with Gasteiger partial charge in [0.1, 0.15) is 5.76 Å². The number of nitrogens with zero attached hydrogens (tertiary/aromatic N) is 2. The first-order valence-electron chi connectivity index (χ1n) is 9.97. The van der Waals surface area contributed by atoms with Crippen LogP contribution in [0.3, 0.4) is 0 Å². The third kappa shape index (κ3) is 5.50. The number of furan rings is 1. The van der Waals surface area contributed by atoms with Gasteiger partial charge in [-0.05, 0) is 29.8 Å².